The average Bonchev–Trinajstić information content (AvgIpc) is 3.73. The third-order valence-electron chi connectivity index (χ3n) is 9.46. The van der Waals surface area contributed by atoms with Gasteiger partial charge in [-0.2, -0.15) is 0 Å². The van der Waals surface area contributed by atoms with E-state index >= 15 is 0 Å². The number of fused-ring (bicyclic) bond motifs is 4. The number of methoxy groups -OCH3 is 1. The van der Waals surface area contributed by atoms with Crippen LogP contribution < -0.4 is 24.3 Å². The highest BCUT2D eigenvalue weighted by molar-refractivity contribution is 5.96. The first-order valence-corrected chi connectivity index (χ1v) is 17.3. The molecule has 262 valence electrons. The molecule has 2 aromatic rings. The zero-order chi connectivity index (χ0) is 34.0. The van der Waals surface area contributed by atoms with Gasteiger partial charge in [0.1, 0.15) is 12.2 Å². The topological polar surface area (TPSA) is 147 Å². The summed E-state index contributed by atoms with van der Waals surface area (Å²) in [5.74, 6) is 0.713. The summed E-state index contributed by atoms with van der Waals surface area (Å²) in [6, 6.07) is 8.03. The standard InChI is InChI=1S/C37H50N2O9/c1-3-4-5-6-7-8-9-10-11-12-32(42)39(21-24-13-14-29-30(18-24)47-23-46-29)28-20-27(37(44)38-15-16-40)33-26-17-25(22-41)19-31(45-2)35(26)48-36(33)34(28)43/h13-14,17-20,28,33-34,36,40-41,43H,3-12,15-16,21-23H2,1-2H3,(H,38,44). The minimum absolute atomic E-state index is 0.0347. The van der Waals surface area contributed by atoms with Crippen molar-refractivity contribution in [2.45, 2.75) is 108 Å². The van der Waals surface area contributed by atoms with Crippen molar-refractivity contribution in [2.75, 3.05) is 27.1 Å². The van der Waals surface area contributed by atoms with Gasteiger partial charge in [-0.3, -0.25) is 9.59 Å². The smallest absolute Gasteiger partial charge is 0.247 e. The zero-order valence-electron chi connectivity index (χ0n) is 28.1. The van der Waals surface area contributed by atoms with Gasteiger partial charge in [0.15, 0.2) is 23.0 Å². The van der Waals surface area contributed by atoms with E-state index in [4.69, 9.17) is 18.9 Å². The Hall–Kier alpha value is -3.80. The van der Waals surface area contributed by atoms with Gasteiger partial charge < -0.3 is 44.5 Å². The second-order valence-electron chi connectivity index (χ2n) is 12.8. The number of aliphatic hydroxyl groups excluding tert-OH is 3. The van der Waals surface area contributed by atoms with Crippen molar-refractivity contribution in [1.82, 2.24) is 10.2 Å². The molecule has 2 aromatic carbocycles. The van der Waals surface area contributed by atoms with E-state index < -0.39 is 30.1 Å². The SMILES string of the molecule is CCCCCCCCCCCC(=O)N(Cc1ccc2c(c1)OCO2)C1C=C(C(=O)NCCO)C2c3cc(CO)cc(OC)c3OC2C1O. The number of carbonyl (C=O) groups excluding carboxylic acids is 2. The first-order valence-electron chi connectivity index (χ1n) is 17.3. The van der Waals surface area contributed by atoms with Crippen LogP contribution in [0.2, 0.25) is 0 Å². The minimum Gasteiger partial charge on any atom is -0.493 e. The van der Waals surface area contributed by atoms with Crippen LogP contribution in [0.4, 0.5) is 0 Å². The monoisotopic (exact) mass is 666 g/mol. The molecule has 0 saturated heterocycles. The molecule has 2 heterocycles. The third kappa shape index (κ3) is 8.07. The molecule has 2 aliphatic heterocycles. The van der Waals surface area contributed by atoms with Crippen molar-refractivity contribution in [3.63, 3.8) is 0 Å². The van der Waals surface area contributed by atoms with Gasteiger partial charge in [0.05, 0.1) is 32.3 Å². The van der Waals surface area contributed by atoms with Crippen molar-refractivity contribution in [2.24, 2.45) is 0 Å². The van der Waals surface area contributed by atoms with Gasteiger partial charge >= 0.3 is 0 Å². The van der Waals surface area contributed by atoms with Crippen molar-refractivity contribution in [1.29, 1.82) is 0 Å². The van der Waals surface area contributed by atoms with Crippen LogP contribution in [0.15, 0.2) is 42.0 Å². The van der Waals surface area contributed by atoms with Crippen LogP contribution in [0, 0.1) is 0 Å². The molecule has 0 saturated carbocycles. The van der Waals surface area contributed by atoms with E-state index in [1.807, 2.05) is 12.1 Å². The van der Waals surface area contributed by atoms with Gasteiger partial charge in [-0.25, -0.2) is 0 Å². The number of aliphatic hydroxyl groups is 3. The number of nitrogens with zero attached hydrogens (tertiary/aromatic N) is 1. The molecule has 0 fully saturated rings. The summed E-state index contributed by atoms with van der Waals surface area (Å²) in [5, 5.41) is 34.1. The highest BCUT2D eigenvalue weighted by Gasteiger charge is 2.51. The molecule has 0 aromatic heterocycles. The Kier molecular flexibility index (Phi) is 12.6. The summed E-state index contributed by atoms with van der Waals surface area (Å²) < 4.78 is 23.0. The molecule has 2 amide bonds. The third-order valence-corrected chi connectivity index (χ3v) is 9.46. The van der Waals surface area contributed by atoms with Crippen LogP contribution in [0.3, 0.4) is 0 Å². The van der Waals surface area contributed by atoms with Gasteiger partial charge in [-0.15, -0.1) is 0 Å². The molecule has 4 unspecified atom stereocenters. The van der Waals surface area contributed by atoms with Crippen LogP contribution in [-0.2, 0) is 22.7 Å². The summed E-state index contributed by atoms with van der Waals surface area (Å²) in [6.07, 6.45) is 9.95. The van der Waals surface area contributed by atoms with Gasteiger partial charge in [-0.1, -0.05) is 64.4 Å². The molecule has 4 atom stereocenters. The maximum atomic E-state index is 14.1. The number of nitrogens with one attached hydrogen (secondary N) is 1. The summed E-state index contributed by atoms with van der Waals surface area (Å²) in [6.45, 7) is 2.04. The van der Waals surface area contributed by atoms with E-state index in [1.54, 1.807) is 29.2 Å². The predicted molar refractivity (Wildman–Crippen MR) is 179 cm³/mol. The maximum absolute atomic E-state index is 14.1. The lowest BCUT2D eigenvalue weighted by atomic mass is 9.77. The average molecular weight is 667 g/mol. The highest BCUT2D eigenvalue weighted by Crippen LogP contribution is 2.51. The number of rotatable bonds is 18. The van der Waals surface area contributed by atoms with E-state index in [0.717, 1.165) is 31.2 Å². The van der Waals surface area contributed by atoms with E-state index in [-0.39, 0.29) is 39.0 Å². The number of hydrogen-bond acceptors (Lipinski definition) is 9. The van der Waals surface area contributed by atoms with Crippen LogP contribution in [0.1, 0.15) is 93.7 Å². The summed E-state index contributed by atoms with van der Waals surface area (Å²) in [5.41, 5.74) is 2.28. The van der Waals surface area contributed by atoms with Crippen molar-refractivity contribution < 1.29 is 43.9 Å². The molecule has 11 nitrogen and oxygen atoms in total. The van der Waals surface area contributed by atoms with Gasteiger partial charge in [0.25, 0.3) is 0 Å². The summed E-state index contributed by atoms with van der Waals surface area (Å²) in [4.78, 5) is 29.4. The lowest BCUT2D eigenvalue weighted by molar-refractivity contribution is -0.138. The lowest BCUT2D eigenvalue weighted by Crippen LogP contribution is -2.55. The second-order valence-corrected chi connectivity index (χ2v) is 12.8. The fourth-order valence-electron chi connectivity index (χ4n) is 6.95. The molecule has 0 bridgehead atoms. The van der Waals surface area contributed by atoms with Crippen LogP contribution in [0.25, 0.3) is 0 Å². The van der Waals surface area contributed by atoms with Gasteiger partial charge in [0, 0.05) is 30.6 Å². The van der Waals surface area contributed by atoms with Crippen molar-refractivity contribution in [3.05, 3.63) is 58.7 Å². The number of unbranched alkanes of at least 4 members (excludes halogenated alkanes) is 8. The Balaban J connectivity index is 1.42. The quantitative estimate of drug-likeness (QED) is 0.169. The summed E-state index contributed by atoms with van der Waals surface area (Å²) in [7, 11) is 1.49. The van der Waals surface area contributed by atoms with E-state index in [9.17, 15) is 24.9 Å². The van der Waals surface area contributed by atoms with Crippen molar-refractivity contribution in [3.8, 4) is 23.0 Å². The molecule has 1 aliphatic carbocycles. The molecule has 4 N–H and O–H groups in total. The second kappa shape index (κ2) is 17.0. The van der Waals surface area contributed by atoms with E-state index in [0.29, 0.717) is 46.1 Å². The maximum Gasteiger partial charge on any atom is 0.247 e. The van der Waals surface area contributed by atoms with Crippen LogP contribution in [0.5, 0.6) is 23.0 Å². The van der Waals surface area contributed by atoms with Crippen LogP contribution >= 0.6 is 0 Å². The molecule has 3 aliphatic rings. The Morgan fingerprint density at radius 2 is 1.69 bits per heavy atom. The molecule has 0 spiro atoms. The minimum atomic E-state index is -1.19. The number of carbonyl (C=O) groups is 2. The first kappa shape index (κ1) is 35.5. The molecule has 48 heavy (non-hydrogen) atoms. The predicted octanol–water partition coefficient (Wildman–Crippen LogP) is 4.49. The number of amides is 2. The zero-order valence-corrected chi connectivity index (χ0v) is 28.1. The summed E-state index contributed by atoms with van der Waals surface area (Å²) >= 11 is 0. The molecule has 0 radical (unpaired) electrons. The van der Waals surface area contributed by atoms with Gasteiger partial charge in [0.2, 0.25) is 18.6 Å². The number of benzene rings is 2. The highest BCUT2D eigenvalue weighted by atomic mass is 16.7. The Morgan fingerprint density at radius 3 is 2.40 bits per heavy atom. The van der Waals surface area contributed by atoms with E-state index in [2.05, 4.69) is 12.2 Å². The Labute approximate surface area is 282 Å². The van der Waals surface area contributed by atoms with Gasteiger partial charge in [-0.05, 0) is 47.9 Å². The molecular weight excluding hydrogens is 616 g/mol. The van der Waals surface area contributed by atoms with E-state index in [1.165, 1.54) is 39.2 Å². The molecule has 5 rings (SSSR count). The fourth-order valence-corrected chi connectivity index (χ4v) is 6.95. The van der Waals surface area contributed by atoms with Crippen LogP contribution in [-0.4, -0.2) is 77.3 Å². The normalized spacial score (nSPS) is 20.4. The Bertz CT molecular complexity index is 1440. The largest absolute Gasteiger partial charge is 0.493 e. The molecule has 11 heteroatoms. The number of ether oxygens (including phenoxy) is 4. The van der Waals surface area contributed by atoms with Crippen molar-refractivity contribution >= 4 is 11.8 Å². The fraction of sp³-hybridized carbons (Fsp3) is 0.568. The first-order chi connectivity index (χ1) is 23.4. The molecular formula is C37H50N2O9. The Morgan fingerprint density at radius 1 is 0.958 bits per heavy atom. The number of hydrogen-bond donors (Lipinski definition) is 4. The lowest BCUT2D eigenvalue weighted by Gasteiger charge is -2.41.